The smallest absolute Gasteiger partial charge is 0.294 e. The summed E-state index contributed by atoms with van der Waals surface area (Å²) < 4.78 is 24.6. The first-order valence-corrected chi connectivity index (χ1v) is 11.4. The van der Waals surface area contributed by atoms with Gasteiger partial charge in [0.25, 0.3) is 11.1 Å². The second kappa shape index (κ2) is 11.0. The Bertz CT molecular complexity index is 1070. The molecule has 9 heteroatoms. The van der Waals surface area contributed by atoms with Gasteiger partial charge in [0.15, 0.2) is 11.5 Å². The molecule has 1 aliphatic heterocycles. The monoisotopic (exact) mass is 472 g/mol. The van der Waals surface area contributed by atoms with E-state index >= 15 is 0 Å². The van der Waals surface area contributed by atoms with Crippen LogP contribution < -0.4 is 14.8 Å². The van der Waals surface area contributed by atoms with Crippen LogP contribution in [0.25, 0.3) is 6.08 Å². The summed E-state index contributed by atoms with van der Waals surface area (Å²) in [5, 5.41) is 2.00. The standard InChI is InChI=1S/C24H25FN2O5S/c1-4-15(3)32-19-11-6-16(12-20(19)31-5-2)13-21-23(29)27(24(30)33-21)14-22(28)26-18-9-7-17(25)8-10-18/h6-13,15H,4-5,14H2,1-3H3,(H,26,28)/b21-13-/t15-/m1/s1. The summed E-state index contributed by atoms with van der Waals surface area (Å²) in [6, 6.07) is 10.5. The van der Waals surface area contributed by atoms with E-state index in [2.05, 4.69) is 5.32 Å². The quantitative estimate of drug-likeness (QED) is 0.513. The molecule has 0 saturated carbocycles. The second-order valence-electron chi connectivity index (χ2n) is 7.30. The van der Waals surface area contributed by atoms with Gasteiger partial charge >= 0.3 is 0 Å². The number of carbonyl (C=O) groups excluding carboxylic acids is 3. The van der Waals surface area contributed by atoms with Gasteiger partial charge in [0.2, 0.25) is 5.91 Å². The lowest BCUT2D eigenvalue weighted by molar-refractivity contribution is -0.127. The number of anilines is 1. The van der Waals surface area contributed by atoms with Gasteiger partial charge < -0.3 is 14.8 Å². The molecule has 33 heavy (non-hydrogen) atoms. The van der Waals surface area contributed by atoms with Crippen LogP contribution in [-0.2, 0) is 9.59 Å². The molecule has 0 radical (unpaired) electrons. The van der Waals surface area contributed by atoms with Crippen LogP contribution in [0.5, 0.6) is 11.5 Å². The first-order chi connectivity index (χ1) is 15.8. The van der Waals surface area contributed by atoms with Crippen molar-refractivity contribution in [2.75, 3.05) is 18.5 Å². The summed E-state index contributed by atoms with van der Waals surface area (Å²) in [5.41, 5.74) is 1.03. The first kappa shape index (κ1) is 24.3. The minimum absolute atomic E-state index is 0.0209. The predicted molar refractivity (Wildman–Crippen MR) is 126 cm³/mol. The van der Waals surface area contributed by atoms with Crippen LogP contribution in [0.4, 0.5) is 14.9 Å². The summed E-state index contributed by atoms with van der Waals surface area (Å²) in [7, 11) is 0. The summed E-state index contributed by atoms with van der Waals surface area (Å²) in [6.45, 7) is 5.86. The number of nitrogens with one attached hydrogen (secondary N) is 1. The molecular weight excluding hydrogens is 447 g/mol. The molecule has 0 aromatic heterocycles. The third-order valence-corrected chi connectivity index (χ3v) is 5.68. The number of amides is 3. The lowest BCUT2D eigenvalue weighted by Gasteiger charge is -2.16. The number of halogens is 1. The van der Waals surface area contributed by atoms with Crippen molar-refractivity contribution in [1.82, 2.24) is 4.90 Å². The number of nitrogens with zero attached hydrogens (tertiary/aromatic N) is 1. The third-order valence-electron chi connectivity index (χ3n) is 4.77. The molecule has 1 N–H and O–H groups in total. The molecule has 1 aliphatic rings. The van der Waals surface area contributed by atoms with Gasteiger partial charge in [0.1, 0.15) is 12.4 Å². The van der Waals surface area contributed by atoms with Gasteiger partial charge in [-0.25, -0.2) is 4.39 Å². The van der Waals surface area contributed by atoms with Crippen molar-refractivity contribution in [3.8, 4) is 11.5 Å². The van der Waals surface area contributed by atoms with E-state index in [1.165, 1.54) is 24.3 Å². The van der Waals surface area contributed by atoms with E-state index in [9.17, 15) is 18.8 Å². The molecule has 3 rings (SSSR count). The number of ether oxygens (including phenoxy) is 2. The van der Waals surface area contributed by atoms with E-state index < -0.39 is 29.4 Å². The SMILES string of the molecule is CCOc1cc(/C=C2\SC(=O)N(CC(=O)Nc3ccc(F)cc3)C2=O)ccc1O[C@H](C)CC. The van der Waals surface area contributed by atoms with E-state index in [1.54, 1.807) is 24.3 Å². The average molecular weight is 473 g/mol. The average Bonchev–Trinajstić information content (AvgIpc) is 3.04. The maximum Gasteiger partial charge on any atom is 0.294 e. The van der Waals surface area contributed by atoms with E-state index in [0.29, 0.717) is 29.4 Å². The molecule has 1 fully saturated rings. The van der Waals surface area contributed by atoms with E-state index in [0.717, 1.165) is 23.1 Å². The van der Waals surface area contributed by atoms with E-state index in [1.807, 2.05) is 20.8 Å². The number of benzene rings is 2. The molecule has 0 bridgehead atoms. The Morgan fingerprint density at radius 2 is 1.88 bits per heavy atom. The largest absolute Gasteiger partial charge is 0.490 e. The molecule has 1 saturated heterocycles. The summed E-state index contributed by atoms with van der Waals surface area (Å²) in [6.07, 6.45) is 2.45. The zero-order chi connectivity index (χ0) is 24.0. The van der Waals surface area contributed by atoms with Gasteiger partial charge in [-0.05, 0) is 80.1 Å². The van der Waals surface area contributed by atoms with Crippen molar-refractivity contribution in [2.24, 2.45) is 0 Å². The van der Waals surface area contributed by atoms with Crippen LogP contribution >= 0.6 is 11.8 Å². The molecule has 1 heterocycles. The van der Waals surface area contributed by atoms with Gasteiger partial charge in [-0.3, -0.25) is 19.3 Å². The van der Waals surface area contributed by atoms with Crippen LogP contribution in [0.3, 0.4) is 0 Å². The summed E-state index contributed by atoms with van der Waals surface area (Å²) in [5.74, 6) is -0.401. The van der Waals surface area contributed by atoms with Crippen LogP contribution in [0.15, 0.2) is 47.4 Å². The van der Waals surface area contributed by atoms with E-state index in [-0.39, 0.29) is 11.0 Å². The molecule has 7 nitrogen and oxygen atoms in total. The summed E-state index contributed by atoms with van der Waals surface area (Å²) in [4.78, 5) is 38.4. The van der Waals surface area contributed by atoms with Crippen molar-refractivity contribution >= 4 is 40.6 Å². The molecule has 0 aliphatic carbocycles. The lowest BCUT2D eigenvalue weighted by Crippen LogP contribution is -2.36. The van der Waals surface area contributed by atoms with Crippen molar-refractivity contribution in [1.29, 1.82) is 0 Å². The fraction of sp³-hybridized carbons (Fsp3) is 0.292. The highest BCUT2D eigenvalue weighted by Gasteiger charge is 2.36. The van der Waals surface area contributed by atoms with Crippen molar-refractivity contribution in [2.45, 2.75) is 33.3 Å². The molecule has 3 amide bonds. The summed E-state index contributed by atoms with van der Waals surface area (Å²) >= 11 is 0.761. The highest BCUT2D eigenvalue weighted by molar-refractivity contribution is 8.18. The zero-order valence-corrected chi connectivity index (χ0v) is 19.4. The molecular formula is C24H25FN2O5S. The number of hydrogen-bond acceptors (Lipinski definition) is 6. The van der Waals surface area contributed by atoms with Crippen molar-refractivity contribution < 1.29 is 28.2 Å². The lowest BCUT2D eigenvalue weighted by atomic mass is 10.1. The van der Waals surface area contributed by atoms with Crippen LogP contribution in [0.2, 0.25) is 0 Å². The Labute approximate surface area is 195 Å². The maximum absolute atomic E-state index is 13.0. The van der Waals surface area contributed by atoms with Gasteiger partial charge in [0.05, 0.1) is 17.6 Å². The second-order valence-corrected chi connectivity index (χ2v) is 8.29. The Balaban J connectivity index is 1.72. The van der Waals surface area contributed by atoms with Gasteiger partial charge in [-0.15, -0.1) is 0 Å². The molecule has 1 atom stereocenters. The topological polar surface area (TPSA) is 84.9 Å². The highest BCUT2D eigenvalue weighted by atomic mass is 32.2. The van der Waals surface area contributed by atoms with Crippen molar-refractivity contribution in [3.05, 3.63) is 58.8 Å². The maximum atomic E-state index is 13.0. The Kier molecular flexibility index (Phi) is 8.11. The fourth-order valence-electron chi connectivity index (χ4n) is 2.95. The molecule has 2 aromatic rings. The minimum Gasteiger partial charge on any atom is -0.490 e. The molecule has 2 aromatic carbocycles. The Hall–Kier alpha value is -3.33. The van der Waals surface area contributed by atoms with Gasteiger partial charge in [-0.1, -0.05) is 13.0 Å². The van der Waals surface area contributed by atoms with Gasteiger partial charge in [0, 0.05) is 5.69 Å². The third kappa shape index (κ3) is 6.35. The fourth-order valence-corrected chi connectivity index (χ4v) is 3.78. The van der Waals surface area contributed by atoms with Crippen LogP contribution in [-0.4, -0.2) is 41.2 Å². The van der Waals surface area contributed by atoms with E-state index in [4.69, 9.17) is 9.47 Å². The molecule has 0 unspecified atom stereocenters. The van der Waals surface area contributed by atoms with Crippen LogP contribution in [0.1, 0.15) is 32.8 Å². The van der Waals surface area contributed by atoms with Gasteiger partial charge in [-0.2, -0.15) is 0 Å². The van der Waals surface area contributed by atoms with Crippen LogP contribution in [0, 0.1) is 5.82 Å². The minimum atomic E-state index is -0.560. The number of thioether (sulfide) groups is 1. The highest BCUT2D eigenvalue weighted by Crippen LogP contribution is 2.35. The predicted octanol–water partition coefficient (Wildman–Crippen LogP) is 5.08. The molecule has 174 valence electrons. The number of carbonyl (C=O) groups is 3. The number of hydrogen-bond donors (Lipinski definition) is 1. The molecule has 0 spiro atoms. The first-order valence-electron chi connectivity index (χ1n) is 10.5. The Morgan fingerprint density at radius 3 is 2.55 bits per heavy atom. The number of imide groups is 1. The van der Waals surface area contributed by atoms with Crippen molar-refractivity contribution in [3.63, 3.8) is 0 Å². The normalized spacial score (nSPS) is 15.6. The number of rotatable bonds is 9. The Morgan fingerprint density at radius 1 is 1.15 bits per heavy atom. The zero-order valence-electron chi connectivity index (χ0n) is 18.6.